The average molecular weight is 405 g/mol. The van der Waals surface area contributed by atoms with E-state index in [4.69, 9.17) is 4.74 Å². The number of aromatic nitrogens is 4. The first-order valence-corrected chi connectivity index (χ1v) is 9.59. The van der Waals surface area contributed by atoms with E-state index in [9.17, 15) is 0 Å². The highest BCUT2D eigenvalue weighted by Gasteiger charge is 2.20. The molecule has 0 bridgehead atoms. The Morgan fingerprint density at radius 2 is 2.21 bits per heavy atom. The van der Waals surface area contributed by atoms with Gasteiger partial charge in [0.05, 0.1) is 17.8 Å². The van der Waals surface area contributed by atoms with Crippen LogP contribution in [0.3, 0.4) is 0 Å². The average Bonchev–Trinajstić information content (AvgIpc) is 3.11. The predicted molar refractivity (Wildman–Crippen MR) is 98.3 cm³/mol. The number of hydrogen-bond donors (Lipinski definition) is 0. The lowest BCUT2D eigenvalue weighted by atomic mass is 10.1. The van der Waals surface area contributed by atoms with Gasteiger partial charge in [-0.3, -0.25) is 0 Å². The van der Waals surface area contributed by atoms with Crippen LogP contribution in [0.4, 0.5) is 0 Å². The second-order valence-corrected chi connectivity index (χ2v) is 7.88. The standard InChI is InChI=1S/C17H17BrN4OS/c1-10(2)8-22-16(20-21-17(22)18)11-3-4-12-13(7-11)23-6-5-14-15(12)19-9-24-14/h3-4,7,9-10H,5-6,8H2,1-2H3. The van der Waals surface area contributed by atoms with Crippen LogP contribution in [0.15, 0.2) is 28.4 Å². The first kappa shape index (κ1) is 15.8. The fourth-order valence-electron chi connectivity index (χ4n) is 2.92. The van der Waals surface area contributed by atoms with Crippen molar-refractivity contribution in [1.82, 2.24) is 19.7 Å². The van der Waals surface area contributed by atoms with Gasteiger partial charge in [0.15, 0.2) is 10.6 Å². The molecule has 2 aromatic heterocycles. The van der Waals surface area contributed by atoms with Crippen molar-refractivity contribution in [2.75, 3.05) is 6.61 Å². The lowest BCUT2D eigenvalue weighted by Crippen LogP contribution is -2.07. The molecule has 1 aliphatic rings. The summed E-state index contributed by atoms with van der Waals surface area (Å²) in [6.07, 6.45) is 0.902. The molecule has 5 nitrogen and oxygen atoms in total. The van der Waals surface area contributed by atoms with Gasteiger partial charge < -0.3 is 9.30 Å². The van der Waals surface area contributed by atoms with Gasteiger partial charge in [-0.2, -0.15) is 0 Å². The van der Waals surface area contributed by atoms with Crippen molar-refractivity contribution in [1.29, 1.82) is 0 Å². The normalized spacial score (nSPS) is 13.3. The molecule has 0 atom stereocenters. The Morgan fingerprint density at radius 1 is 1.33 bits per heavy atom. The van der Waals surface area contributed by atoms with Crippen LogP contribution in [0, 0.1) is 5.92 Å². The zero-order valence-electron chi connectivity index (χ0n) is 13.5. The number of hydrogen-bond acceptors (Lipinski definition) is 5. The van der Waals surface area contributed by atoms with Gasteiger partial charge in [-0.25, -0.2) is 4.98 Å². The molecule has 0 saturated carbocycles. The van der Waals surface area contributed by atoms with Crippen molar-refractivity contribution in [3.63, 3.8) is 0 Å². The summed E-state index contributed by atoms with van der Waals surface area (Å²) in [5, 5.41) is 8.53. The van der Waals surface area contributed by atoms with E-state index in [1.807, 2.05) is 5.51 Å². The second-order valence-electron chi connectivity index (χ2n) is 6.23. The SMILES string of the molecule is CC(C)Cn1c(Br)nnc1-c1ccc2c(c1)OCCc1scnc1-2. The lowest BCUT2D eigenvalue weighted by Gasteiger charge is -2.12. The van der Waals surface area contributed by atoms with Gasteiger partial charge in [-0.15, -0.1) is 21.5 Å². The van der Waals surface area contributed by atoms with E-state index in [0.717, 1.165) is 46.1 Å². The molecule has 0 N–H and O–H groups in total. The molecule has 0 radical (unpaired) electrons. The largest absolute Gasteiger partial charge is 0.492 e. The highest BCUT2D eigenvalue weighted by Crippen LogP contribution is 2.38. The zero-order chi connectivity index (χ0) is 16.7. The van der Waals surface area contributed by atoms with E-state index in [0.29, 0.717) is 12.5 Å². The molecular formula is C17H17BrN4OS. The number of rotatable bonds is 3. The molecule has 0 saturated heterocycles. The predicted octanol–water partition coefficient (Wildman–Crippen LogP) is 4.42. The minimum atomic E-state index is 0.505. The molecule has 0 spiro atoms. The van der Waals surface area contributed by atoms with E-state index in [-0.39, 0.29) is 0 Å². The summed E-state index contributed by atoms with van der Waals surface area (Å²) in [6, 6.07) is 6.21. The van der Waals surface area contributed by atoms with Gasteiger partial charge >= 0.3 is 0 Å². The summed E-state index contributed by atoms with van der Waals surface area (Å²) in [5.41, 5.74) is 5.01. The van der Waals surface area contributed by atoms with E-state index < -0.39 is 0 Å². The maximum absolute atomic E-state index is 5.98. The maximum Gasteiger partial charge on any atom is 0.200 e. The Bertz CT molecular complexity index is 887. The molecule has 3 heterocycles. The molecule has 7 heteroatoms. The van der Waals surface area contributed by atoms with Gasteiger partial charge in [0.1, 0.15) is 5.75 Å². The highest BCUT2D eigenvalue weighted by atomic mass is 79.9. The van der Waals surface area contributed by atoms with Crippen LogP contribution < -0.4 is 4.74 Å². The van der Waals surface area contributed by atoms with Crippen LogP contribution in [0.5, 0.6) is 5.75 Å². The summed E-state index contributed by atoms with van der Waals surface area (Å²) in [4.78, 5) is 5.80. The number of ether oxygens (including phenoxy) is 1. The van der Waals surface area contributed by atoms with Crippen LogP contribution in [0.2, 0.25) is 0 Å². The van der Waals surface area contributed by atoms with Crippen LogP contribution >= 0.6 is 27.3 Å². The number of fused-ring (bicyclic) bond motifs is 3. The second kappa shape index (κ2) is 6.29. The van der Waals surface area contributed by atoms with Crippen LogP contribution in [0.25, 0.3) is 22.6 Å². The minimum absolute atomic E-state index is 0.505. The van der Waals surface area contributed by atoms with E-state index >= 15 is 0 Å². The zero-order valence-corrected chi connectivity index (χ0v) is 15.9. The van der Waals surface area contributed by atoms with Gasteiger partial charge in [0, 0.05) is 29.0 Å². The number of thiazole rings is 1. The Kier molecular flexibility index (Phi) is 4.14. The molecular weight excluding hydrogens is 388 g/mol. The molecule has 1 aromatic carbocycles. The van der Waals surface area contributed by atoms with E-state index in [1.165, 1.54) is 4.88 Å². The third-order valence-corrected chi connectivity index (χ3v) is 5.46. The van der Waals surface area contributed by atoms with Crippen molar-refractivity contribution in [3.05, 3.63) is 33.3 Å². The summed E-state index contributed by atoms with van der Waals surface area (Å²) < 4.78 is 8.82. The van der Waals surface area contributed by atoms with Crippen LogP contribution in [-0.2, 0) is 13.0 Å². The fraction of sp³-hybridized carbons (Fsp3) is 0.353. The number of nitrogens with zero attached hydrogens (tertiary/aromatic N) is 4. The first-order valence-electron chi connectivity index (χ1n) is 7.92. The molecule has 0 unspecified atom stereocenters. The Labute approximate surface area is 152 Å². The third-order valence-electron chi connectivity index (χ3n) is 3.98. The number of benzene rings is 1. The number of halogens is 1. The van der Waals surface area contributed by atoms with Gasteiger partial charge in [-0.05, 0) is 34.0 Å². The van der Waals surface area contributed by atoms with Crippen molar-refractivity contribution in [2.45, 2.75) is 26.8 Å². The monoisotopic (exact) mass is 404 g/mol. The molecule has 124 valence electrons. The van der Waals surface area contributed by atoms with Crippen molar-refractivity contribution in [2.24, 2.45) is 5.92 Å². The Balaban J connectivity index is 1.79. The molecule has 0 fully saturated rings. The Hall–Kier alpha value is -1.73. The fourth-order valence-corrected chi connectivity index (χ4v) is 4.08. The summed E-state index contributed by atoms with van der Waals surface area (Å²) in [7, 11) is 0. The van der Waals surface area contributed by atoms with Gasteiger partial charge in [0.25, 0.3) is 0 Å². The lowest BCUT2D eigenvalue weighted by molar-refractivity contribution is 0.327. The summed E-state index contributed by atoms with van der Waals surface area (Å²) in [6.45, 7) is 5.89. The topological polar surface area (TPSA) is 52.8 Å². The van der Waals surface area contributed by atoms with Crippen molar-refractivity contribution < 1.29 is 4.74 Å². The van der Waals surface area contributed by atoms with Crippen LogP contribution in [0.1, 0.15) is 18.7 Å². The quantitative estimate of drug-likeness (QED) is 0.647. The minimum Gasteiger partial charge on any atom is -0.492 e. The van der Waals surface area contributed by atoms with Crippen molar-refractivity contribution in [3.8, 4) is 28.4 Å². The van der Waals surface area contributed by atoms with Gasteiger partial charge in [-0.1, -0.05) is 19.9 Å². The maximum atomic E-state index is 5.98. The molecule has 0 aliphatic carbocycles. The Morgan fingerprint density at radius 3 is 3.04 bits per heavy atom. The van der Waals surface area contributed by atoms with E-state index in [2.05, 4.69) is 67.7 Å². The molecule has 24 heavy (non-hydrogen) atoms. The first-order chi connectivity index (χ1) is 11.6. The summed E-state index contributed by atoms with van der Waals surface area (Å²) >= 11 is 5.19. The van der Waals surface area contributed by atoms with E-state index in [1.54, 1.807) is 11.3 Å². The molecule has 4 rings (SSSR count). The smallest absolute Gasteiger partial charge is 0.200 e. The summed E-state index contributed by atoms with van der Waals surface area (Å²) in [5.74, 6) is 2.22. The molecule has 3 aromatic rings. The highest BCUT2D eigenvalue weighted by molar-refractivity contribution is 9.10. The molecule has 0 amide bonds. The third kappa shape index (κ3) is 2.75. The van der Waals surface area contributed by atoms with Gasteiger partial charge in [0.2, 0.25) is 0 Å². The van der Waals surface area contributed by atoms with Crippen LogP contribution in [-0.4, -0.2) is 26.4 Å². The molecule has 1 aliphatic heterocycles. The van der Waals surface area contributed by atoms with Crippen molar-refractivity contribution >= 4 is 27.3 Å².